The number of rotatable bonds is 2. The van der Waals surface area contributed by atoms with Gasteiger partial charge in [0.05, 0.1) is 22.2 Å². The van der Waals surface area contributed by atoms with Gasteiger partial charge in [-0.2, -0.15) is 13.2 Å². The van der Waals surface area contributed by atoms with Gasteiger partial charge in [-0.25, -0.2) is 0 Å². The Labute approximate surface area is 157 Å². The molecule has 3 atom stereocenters. The van der Waals surface area contributed by atoms with Crippen LogP contribution in [0.5, 0.6) is 0 Å². The van der Waals surface area contributed by atoms with Crippen LogP contribution in [0.4, 0.5) is 24.5 Å². The largest absolute Gasteiger partial charge is 0.418 e. The summed E-state index contributed by atoms with van der Waals surface area (Å²) in [7, 11) is 0. The molecule has 8 heteroatoms. The molecule has 2 aromatic carbocycles. The number of hydrogen-bond donors (Lipinski definition) is 1. The van der Waals surface area contributed by atoms with Crippen LogP contribution in [-0.2, 0) is 6.18 Å². The molecule has 0 radical (unpaired) electrons. The minimum atomic E-state index is -4.51. The number of nitrogens with one attached hydrogen (secondary N) is 1. The Bertz CT molecular complexity index is 958. The third kappa shape index (κ3) is 2.96. The van der Waals surface area contributed by atoms with E-state index in [1.54, 1.807) is 6.07 Å². The van der Waals surface area contributed by atoms with Crippen molar-refractivity contribution in [1.29, 1.82) is 0 Å². The predicted octanol–water partition coefficient (Wildman–Crippen LogP) is 6.09. The summed E-state index contributed by atoms with van der Waals surface area (Å²) >= 11 is 6.28. The van der Waals surface area contributed by atoms with Crippen molar-refractivity contribution in [2.45, 2.75) is 24.6 Å². The van der Waals surface area contributed by atoms with Crippen LogP contribution in [-0.4, -0.2) is 4.92 Å². The number of nitrogens with zero attached hydrogens (tertiary/aromatic N) is 1. The minimum Gasteiger partial charge on any atom is -0.377 e. The van der Waals surface area contributed by atoms with Gasteiger partial charge in [-0.05, 0) is 30.0 Å². The maximum Gasteiger partial charge on any atom is 0.418 e. The van der Waals surface area contributed by atoms with Crippen LogP contribution in [0.15, 0.2) is 48.6 Å². The Morgan fingerprint density at radius 1 is 1.19 bits per heavy atom. The molecule has 1 aliphatic carbocycles. The Hall–Kier alpha value is -2.54. The summed E-state index contributed by atoms with van der Waals surface area (Å²) in [5.41, 5.74) is 0.151. The molecule has 140 valence electrons. The second kappa shape index (κ2) is 6.27. The van der Waals surface area contributed by atoms with E-state index in [-0.39, 0.29) is 28.2 Å². The van der Waals surface area contributed by atoms with Gasteiger partial charge in [0.2, 0.25) is 0 Å². The van der Waals surface area contributed by atoms with Crippen LogP contribution >= 0.6 is 11.6 Å². The van der Waals surface area contributed by atoms with Crippen molar-refractivity contribution >= 4 is 23.0 Å². The molecule has 1 N–H and O–H groups in total. The van der Waals surface area contributed by atoms with Crippen LogP contribution < -0.4 is 5.32 Å². The molecular formula is C19H14ClF3N2O2. The summed E-state index contributed by atoms with van der Waals surface area (Å²) in [5, 5.41) is 14.4. The zero-order valence-electron chi connectivity index (χ0n) is 13.8. The lowest BCUT2D eigenvalue weighted by atomic mass is 9.76. The van der Waals surface area contributed by atoms with Crippen LogP contribution in [0.1, 0.15) is 35.1 Å². The highest BCUT2D eigenvalue weighted by atomic mass is 35.5. The molecule has 0 unspecified atom stereocenters. The minimum absolute atomic E-state index is 0.0189. The Kier molecular flexibility index (Phi) is 4.14. The third-order valence-corrected chi connectivity index (χ3v) is 5.57. The molecule has 2 aromatic rings. The highest BCUT2D eigenvalue weighted by Gasteiger charge is 2.43. The standard InChI is InChI=1S/C19H14ClF3N2O2/c20-16-8-7-10(25(26)27)9-14(16)17-12-4-1-3-11(12)13-5-2-6-15(18(13)24-17)19(21,22)23/h1-3,5-9,11-12,17,24H,4H2/t11-,12+,17-/m1/s1. The van der Waals surface area contributed by atoms with Crippen molar-refractivity contribution in [3.8, 4) is 0 Å². The summed E-state index contributed by atoms with van der Waals surface area (Å²) in [6.45, 7) is 0. The van der Waals surface area contributed by atoms with Crippen LogP contribution in [0.3, 0.4) is 0 Å². The number of para-hydroxylation sites is 1. The molecule has 1 aliphatic heterocycles. The van der Waals surface area contributed by atoms with Crippen LogP contribution in [0.2, 0.25) is 5.02 Å². The fraction of sp³-hybridized carbons (Fsp3) is 0.263. The van der Waals surface area contributed by atoms with Gasteiger partial charge >= 0.3 is 6.18 Å². The number of hydrogen-bond acceptors (Lipinski definition) is 3. The molecule has 0 fully saturated rings. The van der Waals surface area contributed by atoms with Crippen molar-refractivity contribution in [1.82, 2.24) is 0 Å². The van der Waals surface area contributed by atoms with E-state index in [9.17, 15) is 23.3 Å². The van der Waals surface area contributed by atoms with E-state index >= 15 is 0 Å². The molecule has 0 saturated heterocycles. The quantitative estimate of drug-likeness (QED) is 0.380. The van der Waals surface area contributed by atoms with E-state index in [4.69, 9.17) is 11.6 Å². The number of fused-ring (bicyclic) bond motifs is 3. The zero-order valence-corrected chi connectivity index (χ0v) is 14.6. The Morgan fingerprint density at radius 3 is 2.67 bits per heavy atom. The Morgan fingerprint density at radius 2 is 1.96 bits per heavy atom. The molecular weight excluding hydrogens is 381 g/mol. The number of benzene rings is 2. The number of nitro groups is 1. The number of alkyl halides is 3. The lowest BCUT2D eigenvalue weighted by Gasteiger charge is -2.38. The van der Waals surface area contributed by atoms with Crippen LogP contribution in [0, 0.1) is 16.0 Å². The number of halogens is 4. The molecule has 2 aliphatic rings. The second-order valence-electron chi connectivity index (χ2n) is 6.71. The number of nitro benzene ring substituents is 1. The molecule has 0 bridgehead atoms. The van der Waals surface area contributed by atoms with Gasteiger partial charge in [0, 0.05) is 28.6 Å². The van der Waals surface area contributed by atoms with Gasteiger partial charge in [0.15, 0.2) is 0 Å². The SMILES string of the molecule is O=[N+]([O-])c1ccc(Cl)c([C@@H]2Nc3c(cccc3C(F)(F)F)[C@@H]3C=CC[C@@H]32)c1. The van der Waals surface area contributed by atoms with Crippen LogP contribution in [0.25, 0.3) is 0 Å². The second-order valence-corrected chi connectivity index (χ2v) is 7.11. The molecule has 0 saturated carbocycles. The zero-order chi connectivity index (χ0) is 19.3. The van der Waals surface area contributed by atoms with Gasteiger partial charge in [-0.1, -0.05) is 35.9 Å². The van der Waals surface area contributed by atoms with Crippen molar-refractivity contribution in [2.24, 2.45) is 5.92 Å². The summed E-state index contributed by atoms with van der Waals surface area (Å²) in [4.78, 5) is 10.6. The van der Waals surface area contributed by atoms with E-state index in [0.29, 0.717) is 17.5 Å². The van der Waals surface area contributed by atoms with E-state index in [1.165, 1.54) is 24.3 Å². The summed E-state index contributed by atoms with van der Waals surface area (Å²) in [6.07, 6.45) is -0.0189. The van der Waals surface area contributed by atoms with Crippen molar-refractivity contribution in [3.63, 3.8) is 0 Å². The summed E-state index contributed by atoms with van der Waals surface area (Å²) in [6, 6.07) is 7.62. The molecule has 0 amide bonds. The molecule has 4 rings (SSSR count). The van der Waals surface area contributed by atoms with E-state index in [1.807, 2.05) is 12.2 Å². The molecule has 1 heterocycles. The van der Waals surface area contributed by atoms with Crippen molar-refractivity contribution in [2.75, 3.05) is 5.32 Å². The first kappa shape index (κ1) is 17.9. The summed E-state index contributed by atoms with van der Waals surface area (Å²) in [5.74, 6) is -0.274. The maximum atomic E-state index is 13.5. The first-order valence-corrected chi connectivity index (χ1v) is 8.72. The van der Waals surface area contributed by atoms with Gasteiger partial charge in [-0.3, -0.25) is 10.1 Å². The van der Waals surface area contributed by atoms with Gasteiger partial charge < -0.3 is 5.32 Å². The smallest absolute Gasteiger partial charge is 0.377 e. The number of anilines is 1. The predicted molar refractivity (Wildman–Crippen MR) is 95.9 cm³/mol. The first-order valence-electron chi connectivity index (χ1n) is 8.34. The fourth-order valence-electron chi connectivity index (χ4n) is 4.05. The van der Waals surface area contributed by atoms with Gasteiger partial charge in [-0.15, -0.1) is 0 Å². The average Bonchev–Trinajstić information content (AvgIpc) is 3.10. The van der Waals surface area contributed by atoms with Gasteiger partial charge in [0.1, 0.15) is 0 Å². The number of non-ortho nitro benzene ring substituents is 1. The highest BCUT2D eigenvalue weighted by molar-refractivity contribution is 6.31. The fourth-order valence-corrected chi connectivity index (χ4v) is 4.28. The van der Waals surface area contributed by atoms with Gasteiger partial charge in [0.25, 0.3) is 5.69 Å². The van der Waals surface area contributed by atoms with Crippen molar-refractivity contribution in [3.05, 3.63) is 80.4 Å². The van der Waals surface area contributed by atoms with E-state index in [2.05, 4.69) is 5.32 Å². The van der Waals surface area contributed by atoms with E-state index < -0.39 is 22.7 Å². The third-order valence-electron chi connectivity index (χ3n) is 5.23. The summed E-state index contributed by atoms with van der Waals surface area (Å²) < 4.78 is 40.6. The van der Waals surface area contributed by atoms with E-state index in [0.717, 1.165) is 6.07 Å². The topological polar surface area (TPSA) is 55.2 Å². The lowest BCUT2D eigenvalue weighted by molar-refractivity contribution is -0.384. The Balaban J connectivity index is 1.87. The highest BCUT2D eigenvalue weighted by Crippen LogP contribution is 2.53. The normalized spacial score (nSPS) is 23.5. The molecule has 0 aromatic heterocycles. The monoisotopic (exact) mass is 394 g/mol. The van der Waals surface area contributed by atoms with Crippen molar-refractivity contribution < 1.29 is 18.1 Å². The molecule has 27 heavy (non-hydrogen) atoms. The molecule has 0 spiro atoms. The molecule has 4 nitrogen and oxygen atoms in total. The average molecular weight is 395 g/mol. The first-order chi connectivity index (χ1) is 12.8. The lowest BCUT2D eigenvalue weighted by Crippen LogP contribution is -2.31. The number of allylic oxidation sites excluding steroid dienone is 2. The maximum absolute atomic E-state index is 13.5.